The molecule has 1 aromatic carbocycles. The van der Waals surface area contributed by atoms with Gasteiger partial charge in [-0.3, -0.25) is 0 Å². The van der Waals surface area contributed by atoms with Crippen molar-refractivity contribution in [3.63, 3.8) is 0 Å². The summed E-state index contributed by atoms with van der Waals surface area (Å²) in [6.07, 6.45) is 0. The minimum Gasteiger partial charge on any atom is -0.357 e. The first-order valence-corrected chi connectivity index (χ1v) is 10.3. The van der Waals surface area contributed by atoms with Gasteiger partial charge in [0.15, 0.2) is 15.8 Å². The Labute approximate surface area is 177 Å². The zero-order valence-corrected chi connectivity index (χ0v) is 19.2. The van der Waals surface area contributed by atoms with Crippen LogP contribution in [0.15, 0.2) is 23.2 Å². The molecule has 0 atom stereocenters. The second-order valence-electron chi connectivity index (χ2n) is 6.41. The molecule has 5 nitrogen and oxygen atoms in total. The molecule has 1 fully saturated rings. The topological polar surface area (TPSA) is 61.8 Å². The van der Waals surface area contributed by atoms with Crippen LogP contribution in [-0.4, -0.2) is 49.4 Å². The van der Waals surface area contributed by atoms with Crippen LogP contribution in [0.2, 0.25) is 10.0 Å². The molecule has 142 valence electrons. The molecule has 1 saturated heterocycles. The van der Waals surface area contributed by atoms with Gasteiger partial charge in [-0.15, -0.1) is 24.0 Å². The Bertz CT molecular complexity index is 739. The van der Waals surface area contributed by atoms with Gasteiger partial charge in [0.1, 0.15) is 0 Å². The van der Waals surface area contributed by atoms with Gasteiger partial charge >= 0.3 is 0 Å². The number of sulfone groups is 1. The van der Waals surface area contributed by atoms with Crippen LogP contribution < -0.4 is 5.32 Å². The summed E-state index contributed by atoms with van der Waals surface area (Å²) in [6, 6.07) is 5.32. The lowest BCUT2D eigenvalue weighted by atomic mass is 10.2. The molecular formula is C16H24Cl2IN3O2S. The quantitative estimate of drug-likeness (QED) is 0.376. The number of guanidine groups is 1. The van der Waals surface area contributed by atoms with Crippen molar-refractivity contribution in [2.24, 2.45) is 4.99 Å². The van der Waals surface area contributed by atoms with Gasteiger partial charge in [-0.05, 0) is 38.5 Å². The van der Waals surface area contributed by atoms with Gasteiger partial charge < -0.3 is 10.2 Å². The molecule has 0 aliphatic carbocycles. The summed E-state index contributed by atoms with van der Waals surface area (Å²) in [5.41, 5.74) is 0.875. The summed E-state index contributed by atoms with van der Waals surface area (Å²) in [4.78, 5) is 6.61. The summed E-state index contributed by atoms with van der Waals surface area (Å²) >= 11 is 12.1. The van der Waals surface area contributed by atoms with Gasteiger partial charge in [-0.2, -0.15) is 0 Å². The van der Waals surface area contributed by atoms with Crippen molar-refractivity contribution in [3.05, 3.63) is 33.8 Å². The zero-order valence-electron chi connectivity index (χ0n) is 14.6. The van der Waals surface area contributed by atoms with Crippen molar-refractivity contribution in [1.82, 2.24) is 10.2 Å². The maximum absolute atomic E-state index is 12.2. The lowest BCUT2D eigenvalue weighted by Gasteiger charge is -2.39. The molecule has 0 bridgehead atoms. The highest BCUT2D eigenvalue weighted by Gasteiger charge is 2.40. The van der Waals surface area contributed by atoms with E-state index in [1.54, 1.807) is 26.0 Å². The Hall–Kier alpha value is -0.250. The fourth-order valence-corrected chi connectivity index (χ4v) is 4.39. The average Bonchev–Trinajstić information content (AvgIpc) is 2.48. The van der Waals surface area contributed by atoms with Crippen LogP contribution in [0.5, 0.6) is 0 Å². The maximum atomic E-state index is 12.2. The van der Waals surface area contributed by atoms with E-state index in [0.717, 1.165) is 5.56 Å². The number of hydrogen-bond acceptors (Lipinski definition) is 3. The monoisotopic (exact) mass is 519 g/mol. The Morgan fingerprint density at radius 1 is 1.36 bits per heavy atom. The number of nitrogens with one attached hydrogen (secondary N) is 1. The summed E-state index contributed by atoms with van der Waals surface area (Å²) in [6.45, 7) is 7.46. The predicted molar refractivity (Wildman–Crippen MR) is 116 cm³/mol. The van der Waals surface area contributed by atoms with Gasteiger partial charge in [0.25, 0.3) is 0 Å². The summed E-state index contributed by atoms with van der Waals surface area (Å²) < 4.78 is 23.5. The Morgan fingerprint density at radius 3 is 2.60 bits per heavy atom. The molecular weight excluding hydrogens is 496 g/mol. The van der Waals surface area contributed by atoms with Crippen molar-refractivity contribution >= 4 is 63.0 Å². The van der Waals surface area contributed by atoms with Crippen LogP contribution in [-0.2, 0) is 16.4 Å². The molecule has 1 aliphatic rings. The Kier molecular flexibility index (Phi) is 8.30. The second-order valence-corrected chi connectivity index (χ2v) is 9.99. The van der Waals surface area contributed by atoms with Crippen molar-refractivity contribution in [2.75, 3.05) is 25.4 Å². The third-order valence-electron chi connectivity index (χ3n) is 4.09. The van der Waals surface area contributed by atoms with Crippen molar-refractivity contribution in [3.8, 4) is 0 Å². The average molecular weight is 520 g/mol. The summed E-state index contributed by atoms with van der Waals surface area (Å²) in [7, 11) is -3.08. The summed E-state index contributed by atoms with van der Waals surface area (Å²) in [5, 5.41) is 4.39. The maximum Gasteiger partial charge on any atom is 0.194 e. The third-order valence-corrected chi connectivity index (χ3v) is 7.21. The van der Waals surface area contributed by atoms with Crippen molar-refractivity contribution in [1.29, 1.82) is 0 Å². The van der Waals surface area contributed by atoms with Crippen LogP contribution in [0.25, 0.3) is 0 Å². The van der Waals surface area contributed by atoms with Crippen LogP contribution in [0.1, 0.15) is 26.3 Å². The van der Waals surface area contributed by atoms with Crippen LogP contribution in [0.3, 0.4) is 0 Å². The van der Waals surface area contributed by atoms with Crippen LogP contribution >= 0.6 is 47.2 Å². The molecule has 0 saturated carbocycles. The number of hydrogen-bond donors (Lipinski definition) is 1. The number of rotatable bonds is 3. The van der Waals surface area contributed by atoms with Gasteiger partial charge in [0, 0.05) is 29.7 Å². The van der Waals surface area contributed by atoms with Crippen molar-refractivity contribution in [2.45, 2.75) is 32.1 Å². The normalized spacial score (nSPS) is 19.2. The smallest absolute Gasteiger partial charge is 0.194 e. The van der Waals surface area contributed by atoms with E-state index in [-0.39, 0.29) is 29.7 Å². The summed E-state index contributed by atoms with van der Waals surface area (Å²) in [5.74, 6) is 0.832. The van der Waals surface area contributed by atoms with E-state index < -0.39 is 14.6 Å². The lowest BCUT2D eigenvalue weighted by Crippen LogP contribution is -2.57. The molecule has 1 heterocycles. The van der Waals surface area contributed by atoms with E-state index >= 15 is 0 Å². The largest absolute Gasteiger partial charge is 0.357 e. The van der Waals surface area contributed by atoms with Gasteiger partial charge in [-0.25, -0.2) is 13.4 Å². The second kappa shape index (κ2) is 9.10. The molecule has 25 heavy (non-hydrogen) atoms. The number of halogens is 3. The lowest BCUT2D eigenvalue weighted by molar-refractivity contribution is 0.353. The molecule has 1 aliphatic heterocycles. The molecule has 2 rings (SSSR count). The molecule has 0 unspecified atom stereocenters. The number of aliphatic imine (C=N–C) groups is 1. The number of benzene rings is 1. The molecule has 9 heteroatoms. The molecule has 0 aromatic heterocycles. The first kappa shape index (κ1) is 22.8. The van der Waals surface area contributed by atoms with Crippen molar-refractivity contribution < 1.29 is 8.42 Å². The van der Waals surface area contributed by atoms with Gasteiger partial charge in [0.2, 0.25) is 0 Å². The first-order chi connectivity index (χ1) is 11.2. The van der Waals surface area contributed by atoms with E-state index in [4.69, 9.17) is 23.2 Å². The highest BCUT2D eigenvalue weighted by Crippen LogP contribution is 2.24. The third kappa shape index (κ3) is 5.61. The number of nitrogens with zero attached hydrogens (tertiary/aromatic N) is 2. The minimum absolute atomic E-state index is 0. The van der Waals surface area contributed by atoms with E-state index in [1.807, 2.05) is 17.9 Å². The van der Waals surface area contributed by atoms with E-state index in [2.05, 4.69) is 10.3 Å². The fraction of sp³-hybridized carbons (Fsp3) is 0.562. The van der Waals surface area contributed by atoms with Crippen LogP contribution in [0.4, 0.5) is 0 Å². The minimum atomic E-state index is -3.08. The highest BCUT2D eigenvalue weighted by molar-refractivity contribution is 14.0. The van der Waals surface area contributed by atoms with E-state index in [9.17, 15) is 8.42 Å². The van der Waals surface area contributed by atoms with E-state index in [0.29, 0.717) is 42.2 Å². The van der Waals surface area contributed by atoms with Crippen LogP contribution in [0, 0.1) is 0 Å². The highest BCUT2D eigenvalue weighted by atomic mass is 127. The van der Waals surface area contributed by atoms with Gasteiger partial charge in [-0.1, -0.05) is 29.3 Å². The standard InChI is InChI=1S/C16H23Cl2N3O2S.HI/c1-4-19-15(20-10-12-5-6-13(17)9-14(12)18)21-7-8-24(22,23)16(2,3)11-21;/h5-6,9H,4,7-8,10-11H2,1-3H3,(H,19,20);1H. The zero-order chi connectivity index (χ0) is 18.0. The van der Waals surface area contributed by atoms with Gasteiger partial charge in [0.05, 0.1) is 17.0 Å². The fourth-order valence-electron chi connectivity index (χ4n) is 2.56. The molecule has 1 aromatic rings. The Morgan fingerprint density at radius 2 is 2.04 bits per heavy atom. The molecule has 0 spiro atoms. The molecule has 1 N–H and O–H groups in total. The molecule has 0 radical (unpaired) electrons. The first-order valence-electron chi connectivity index (χ1n) is 7.86. The predicted octanol–water partition coefficient (Wildman–Crippen LogP) is 3.59. The molecule has 0 amide bonds. The van der Waals surface area contributed by atoms with E-state index in [1.165, 1.54) is 0 Å². The Balaban J connectivity index is 0.00000312. The SMILES string of the molecule is CCNC(=NCc1ccc(Cl)cc1Cl)N1CCS(=O)(=O)C(C)(C)C1.I.